The molecule has 1 aliphatic heterocycles. The Kier molecular flexibility index (Phi) is 5.57. The molecule has 1 aliphatic rings. The molecule has 0 aliphatic carbocycles. The second-order valence-electron chi connectivity index (χ2n) is 4.95. The van der Waals surface area contributed by atoms with Crippen molar-refractivity contribution in [2.75, 3.05) is 13.2 Å². The minimum absolute atomic E-state index is 0.0133. The standard InChI is InChI=1S/C13H22N2O3S2/c1-3-14-9-12-13(6-8-19-12)20(16,17)15-10(2)11-5-4-7-18-11/h6,8,10-11,14-15H,3-5,7,9H2,1-2H3. The molecule has 5 nitrogen and oxygen atoms in total. The Bertz CT molecular complexity index is 521. The van der Waals surface area contributed by atoms with Crippen LogP contribution in [-0.2, 0) is 21.3 Å². The molecule has 2 heterocycles. The summed E-state index contributed by atoms with van der Waals surface area (Å²) in [6.07, 6.45) is 1.90. The van der Waals surface area contributed by atoms with Crippen molar-refractivity contribution >= 4 is 21.4 Å². The largest absolute Gasteiger partial charge is 0.377 e. The number of ether oxygens (including phenoxy) is 1. The van der Waals surface area contributed by atoms with Gasteiger partial charge in [-0.05, 0) is 37.8 Å². The normalized spacial score (nSPS) is 21.2. The van der Waals surface area contributed by atoms with Crippen molar-refractivity contribution in [1.82, 2.24) is 10.0 Å². The lowest BCUT2D eigenvalue weighted by Gasteiger charge is -2.20. The summed E-state index contributed by atoms with van der Waals surface area (Å²) in [6.45, 7) is 5.99. The molecule has 0 radical (unpaired) electrons. The minimum atomic E-state index is -3.47. The Morgan fingerprint density at radius 2 is 2.35 bits per heavy atom. The second-order valence-corrected chi connectivity index (χ2v) is 7.63. The van der Waals surface area contributed by atoms with Gasteiger partial charge in [0.2, 0.25) is 10.0 Å². The fourth-order valence-electron chi connectivity index (χ4n) is 2.32. The smallest absolute Gasteiger partial charge is 0.242 e. The van der Waals surface area contributed by atoms with Crippen LogP contribution in [0.2, 0.25) is 0 Å². The third-order valence-corrected chi connectivity index (χ3v) is 6.09. The summed E-state index contributed by atoms with van der Waals surface area (Å²) in [4.78, 5) is 1.23. The van der Waals surface area contributed by atoms with Crippen molar-refractivity contribution in [1.29, 1.82) is 0 Å². The van der Waals surface area contributed by atoms with Gasteiger partial charge in [-0.25, -0.2) is 13.1 Å². The van der Waals surface area contributed by atoms with Gasteiger partial charge in [-0.1, -0.05) is 6.92 Å². The van der Waals surface area contributed by atoms with Gasteiger partial charge in [0.15, 0.2) is 0 Å². The summed E-state index contributed by atoms with van der Waals surface area (Å²) < 4.78 is 33.2. The van der Waals surface area contributed by atoms with Crippen molar-refractivity contribution in [2.45, 2.75) is 50.3 Å². The lowest BCUT2D eigenvalue weighted by atomic mass is 10.1. The van der Waals surface area contributed by atoms with Crippen molar-refractivity contribution in [3.63, 3.8) is 0 Å². The van der Waals surface area contributed by atoms with Crippen LogP contribution in [-0.4, -0.2) is 33.7 Å². The molecule has 20 heavy (non-hydrogen) atoms. The zero-order chi connectivity index (χ0) is 14.6. The SMILES string of the molecule is CCNCc1sccc1S(=O)(=O)NC(C)C1CCCO1. The van der Waals surface area contributed by atoms with E-state index in [0.29, 0.717) is 11.4 Å². The predicted octanol–water partition coefficient (Wildman–Crippen LogP) is 1.70. The maximum absolute atomic E-state index is 12.5. The topological polar surface area (TPSA) is 67.4 Å². The maximum Gasteiger partial charge on any atom is 0.242 e. The van der Waals surface area contributed by atoms with Crippen LogP contribution in [0.1, 0.15) is 31.6 Å². The molecule has 2 unspecified atom stereocenters. The van der Waals surface area contributed by atoms with Crippen LogP contribution in [0.4, 0.5) is 0 Å². The summed E-state index contributed by atoms with van der Waals surface area (Å²) in [5.41, 5.74) is 0. The van der Waals surface area contributed by atoms with Crippen LogP contribution in [0.5, 0.6) is 0 Å². The third-order valence-electron chi connectivity index (χ3n) is 3.39. The fourth-order valence-corrected chi connectivity index (χ4v) is 5.00. The van der Waals surface area contributed by atoms with Gasteiger partial charge in [-0.2, -0.15) is 0 Å². The highest BCUT2D eigenvalue weighted by molar-refractivity contribution is 7.89. The number of nitrogens with one attached hydrogen (secondary N) is 2. The Hall–Kier alpha value is -0.470. The van der Waals surface area contributed by atoms with E-state index in [9.17, 15) is 8.42 Å². The molecule has 2 atom stereocenters. The van der Waals surface area contributed by atoms with Crippen LogP contribution in [0, 0.1) is 0 Å². The summed E-state index contributed by atoms with van der Waals surface area (Å²) in [5, 5.41) is 4.98. The lowest BCUT2D eigenvalue weighted by molar-refractivity contribution is 0.0902. The molecule has 0 amide bonds. The monoisotopic (exact) mass is 318 g/mol. The van der Waals surface area contributed by atoms with Gasteiger partial charge in [0.05, 0.1) is 11.0 Å². The first-order valence-electron chi connectivity index (χ1n) is 6.95. The zero-order valence-electron chi connectivity index (χ0n) is 11.9. The first kappa shape index (κ1) is 15.9. The van der Waals surface area contributed by atoms with Crippen LogP contribution in [0.3, 0.4) is 0 Å². The summed E-state index contributed by atoms with van der Waals surface area (Å²) in [6, 6.07) is 1.47. The van der Waals surface area contributed by atoms with Gasteiger partial charge >= 0.3 is 0 Å². The summed E-state index contributed by atoms with van der Waals surface area (Å²) in [7, 11) is -3.47. The van der Waals surface area contributed by atoms with E-state index in [1.807, 2.05) is 19.2 Å². The molecule has 114 valence electrons. The van der Waals surface area contributed by atoms with Gasteiger partial charge in [0.1, 0.15) is 0 Å². The lowest BCUT2D eigenvalue weighted by Crippen LogP contribution is -2.40. The van der Waals surface area contributed by atoms with Crippen LogP contribution in [0.25, 0.3) is 0 Å². The Balaban J connectivity index is 2.07. The molecule has 1 aromatic rings. The van der Waals surface area contributed by atoms with Gasteiger partial charge < -0.3 is 10.1 Å². The van der Waals surface area contributed by atoms with E-state index in [4.69, 9.17) is 4.74 Å². The maximum atomic E-state index is 12.5. The van der Waals surface area contributed by atoms with E-state index >= 15 is 0 Å². The molecule has 2 rings (SSSR count). The Morgan fingerprint density at radius 1 is 1.55 bits per heavy atom. The number of thiophene rings is 1. The molecular formula is C13H22N2O3S2. The average Bonchev–Trinajstić information content (AvgIpc) is 3.07. The third kappa shape index (κ3) is 3.79. The molecule has 0 aromatic carbocycles. The molecule has 1 saturated heterocycles. The van der Waals surface area contributed by atoms with Gasteiger partial charge in [0, 0.05) is 24.1 Å². The van der Waals surface area contributed by atoms with E-state index in [0.717, 1.165) is 30.9 Å². The summed E-state index contributed by atoms with van der Waals surface area (Å²) in [5.74, 6) is 0. The predicted molar refractivity (Wildman–Crippen MR) is 80.5 cm³/mol. The van der Waals surface area contributed by atoms with Gasteiger partial charge in [-0.15, -0.1) is 11.3 Å². The Labute approximate surface area is 124 Å². The van der Waals surface area contributed by atoms with E-state index in [1.54, 1.807) is 6.07 Å². The number of sulfonamides is 1. The number of rotatable bonds is 7. The van der Waals surface area contributed by atoms with E-state index < -0.39 is 10.0 Å². The average molecular weight is 318 g/mol. The highest BCUT2D eigenvalue weighted by Gasteiger charge is 2.28. The molecule has 7 heteroatoms. The van der Waals surface area contributed by atoms with E-state index in [1.165, 1.54) is 11.3 Å². The van der Waals surface area contributed by atoms with Crippen molar-refractivity contribution in [3.8, 4) is 0 Å². The van der Waals surface area contributed by atoms with Crippen LogP contribution < -0.4 is 10.0 Å². The first-order chi connectivity index (χ1) is 9.54. The highest BCUT2D eigenvalue weighted by Crippen LogP contribution is 2.23. The minimum Gasteiger partial charge on any atom is -0.377 e. The van der Waals surface area contributed by atoms with Crippen molar-refractivity contribution in [2.24, 2.45) is 0 Å². The highest BCUT2D eigenvalue weighted by atomic mass is 32.2. The molecule has 1 fully saturated rings. The quantitative estimate of drug-likeness (QED) is 0.803. The molecular weight excluding hydrogens is 296 g/mol. The van der Waals surface area contributed by atoms with Crippen LogP contribution >= 0.6 is 11.3 Å². The van der Waals surface area contributed by atoms with Crippen molar-refractivity contribution < 1.29 is 13.2 Å². The van der Waals surface area contributed by atoms with Crippen LogP contribution in [0.15, 0.2) is 16.3 Å². The van der Waals surface area contributed by atoms with Crippen molar-refractivity contribution in [3.05, 3.63) is 16.3 Å². The summed E-state index contributed by atoms with van der Waals surface area (Å²) >= 11 is 1.46. The second kappa shape index (κ2) is 7.00. The first-order valence-corrected chi connectivity index (χ1v) is 9.32. The van der Waals surface area contributed by atoms with E-state index in [2.05, 4.69) is 10.0 Å². The molecule has 0 saturated carbocycles. The molecule has 0 bridgehead atoms. The molecule has 1 aromatic heterocycles. The number of hydrogen-bond donors (Lipinski definition) is 2. The van der Waals surface area contributed by atoms with Gasteiger partial charge in [0.25, 0.3) is 0 Å². The fraction of sp³-hybridized carbons (Fsp3) is 0.692. The van der Waals surface area contributed by atoms with E-state index in [-0.39, 0.29) is 12.1 Å². The Morgan fingerprint density at radius 3 is 3.00 bits per heavy atom. The molecule has 2 N–H and O–H groups in total. The van der Waals surface area contributed by atoms with Gasteiger partial charge in [-0.3, -0.25) is 0 Å². The molecule has 0 spiro atoms. The zero-order valence-corrected chi connectivity index (χ0v) is 13.5. The number of hydrogen-bond acceptors (Lipinski definition) is 5.